The van der Waals surface area contributed by atoms with Crippen molar-refractivity contribution in [3.8, 4) is 28.3 Å². The van der Waals surface area contributed by atoms with Crippen LogP contribution in [0.3, 0.4) is 0 Å². The molecular formula is C24H17ClFN3O. The van der Waals surface area contributed by atoms with Crippen LogP contribution in [0.1, 0.15) is 5.56 Å². The quantitative estimate of drug-likeness (QED) is 0.394. The Kier molecular flexibility index (Phi) is 4.60. The number of hydrogen-bond donors (Lipinski definition) is 0. The highest BCUT2D eigenvalue weighted by Gasteiger charge is 2.25. The number of ether oxygens (including phenoxy) is 1. The molecule has 0 unspecified atom stereocenters. The maximum atomic E-state index is 13.4. The molecular weight excluding hydrogens is 401 g/mol. The number of nitrogens with zero attached hydrogens (tertiary/aromatic N) is 3. The summed E-state index contributed by atoms with van der Waals surface area (Å²) in [4.78, 5) is 11.6. The third-order valence-corrected chi connectivity index (χ3v) is 5.36. The Morgan fingerprint density at radius 3 is 2.50 bits per heavy atom. The molecule has 0 amide bonds. The van der Waals surface area contributed by atoms with Crippen LogP contribution in [-0.2, 0) is 6.61 Å². The second-order valence-electron chi connectivity index (χ2n) is 7.03. The summed E-state index contributed by atoms with van der Waals surface area (Å²) in [5, 5.41) is 0.630. The molecule has 4 nitrogen and oxygen atoms in total. The first-order chi connectivity index (χ1) is 14.6. The third-order valence-electron chi connectivity index (χ3n) is 5.12. The Morgan fingerprint density at radius 1 is 0.933 bits per heavy atom. The van der Waals surface area contributed by atoms with Crippen LogP contribution < -0.4 is 9.64 Å². The lowest BCUT2D eigenvalue weighted by Crippen LogP contribution is -2.17. The largest absolute Gasteiger partial charge is 0.488 e. The first-order valence-electron chi connectivity index (χ1n) is 9.48. The van der Waals surface area contributed by atoms with E-state index in [1.165, 1.54) is 12.1 Å². The number of benzene rings is 3. The summed E-state index contributed by atoms with van der Waals surface area (Å²) in [6, 6.07) is 21.6. The van der Waals surface area contributed by atoms with E-state index in [2.05, 4.69) is 0 Å². The highest BCUT2D eigenvalue weighted by molar-refractivity contribution is 6.30. The molecule has 0 spiro atoms. The zero-order valence-corrected chi connectivity index (χ0v) is 16.9. The average molecular weight is 418 g/mol. The van der Waals surface area contributed by atoms with Gasteiger partial charge in [-0.25, -0.2) is 14.4 Å². The molecule has 0 atom stereocenters. The second kappa shape index (κ2) is 7.43. The highest BCUT2D eigenvalue weighted by Crippen LogP contribution is 2.41. The van der Waals surface area contributed by atoms with Gasteiger partial charge in [-0.2, -0.15) is 0 Å². The lowest BCUT2D eigenvalue weighted by Gasteiger charge is -2.25. The third kappa shape index (κ3) is 3.27. The molecule has 6 heteroatoms. The summed E-state index contributed by atoms with van der Waals surface area (Å²) in [5.74, 6) is 1.01. The summed E-state index contributed by atoms with van der Waals surface area (Å²) in [6.45, 7) is 0.370. The van der Waals surface area contributed by atoms with Crippen molar-refractivity contribution in [3.05, 3.63) is 89.2 Å². The van der Waals surface area contributed by atoms with E-state index in [1.54, 1.807) is 12.1 Å². The molecule has 1 aliphatic rings. The first-order valence-corrected chi connectivity index (χ1v) is 9.86. The van der Waals surface area contributed by atoms with E-state index >= 15 is 0 Å². The zero-order chi connectivity index (χ0) is 20.7. The van der Waals surface area contributed by atoms with Crippen molar-refractivity contribution >= 4 is 23.2 Å². The molecule has 3 aromatic carbocycles. The fourth-order valence-electron chi connectivity index (χ4n) is 3.57. The van der Waals surface area contributed by atoms with Crippen LogP contribution in [0.25, 0.3) is 22.5 Å². The van der Waals surface area contributed by atoms with Crippen LogP contribution in [0.15, 0.2) is 72.8 Å². The van der Waals surface area contributed by atoms with Gasteiger partial charge in [-0.15, -0.1) is 0 Å². The minimum Gasteiger partial charge on any atom is -0.488 e. The van der Waals surface area contributed by atoms with Crippen molar-refractivity contribution in [1.82, 2.24) is 9.97 Å². The van der Waals surface area contributed by atoms with Crippen LogP contribution in [0.2, 0.25) is 5.02 Å². The summed E-state index contributed by atoms with van der Waals surface area (Å²) in [6.07, 6.45) is 0. The lowest BCUT2D eigenvalue weighted by atomic mass is 9.98. The van der Waals surface area contributed by atoms with Gasteiger partial charge in [0.25, 0.3) is 0 Å². The molecule has 0 saturated heterocycles. The molecule has 0 radical (unpaired) electrons. The van der Waals surface area contributed by atoms with Crippen molar-refractivity contribution in [3.63, 3.8) is 0 Å². The summed E-state index contributed by atoms with van der Waals surface area (Å²) >= 11 is 6.25. The van der Waals surface area contributed by atoms with E-state index in [9.17, 15) is 4.39 Å². The number of anilines is 2. The van der Waals surface area contributed by atoms with Crippen LogP contribution in [0.5, 0.6) is 5.75 Å². The van der Waals surface area contributed by atoms with Crippen LogP contribution in [0, 0.1) is 5.82 Å². The molecule has 4 aromatic rings. The van der Waals surface area contributed by atoms with Gasteiger partial charge in [0.05, 0.1) is 11.4 Å². The number of rotatable bonds is 3. The van der Waals surface area contributed by atoms with Gasteiger partial charge < -0.3 is 9.64 Å². The number of fused-ring (bicyclic) bond motifs is 3. The van der Waals surface area contributed by atoms with Crippen LogP contribution in [0.4, 0.5) is 16.0 Å². The lowest BCUT2D eigenvalue weighted by molar-refractivity contribution is 0.301. The van der Waals surface area contributed by atoms with Gasteiger partial charge in [0, 0.05) is 34.4 Å². The van der Waals surface area contributed by atoms with Crippen molar-refractivity contribution in [2.45, 2.75) is 6.61 Å². The molecule has 0 aliphatic carbocycles. The van der Waals surface area contributed by atoms with E-state index < -0.39 is 0 Å². The highest BCUT2D eigenvalue weighted by atomic mass is 35.5. The van der Waals surface area contributed by atoms with Gasteiger partial charge >= 0.3 is 0 Å². The molecule has 2 heterocycles. The van der Waals surface area contributed by atoms with E-state index in [-0.39, 0.29) is 5.82 Å². The van der Waals surface area contributed by atoms with E-state index in [4.69, 9.17) is 26.3 Å². The zero-order valence-electron chi connectivity index (χ0n) is 16.1. The first kappa shape index (κ1) is 18.6. The number of hydrogen-bond acceptors (Lipinski definition) is 4. The van der Waals surface area contributed by atoms with E-state index in [1.807, 2.05) is 60.5 Å². The molecule has 0 fully saturated rings. The molecule has 0 saturated carbocycles. The maximum absolute atomic E-state index is 13.4. The molecule has 1 aliphatic heterocycles. The van der Waals surface area contributed by atoms with Crippen LogP contribution >= 0.6 is 11.6 Å². The fraction of sp³-hybridized carbons (Fsp3) is 0.0833. The van der Waals surface area contributed by atoms with Gasteiger partial charge in [0.2, 0.25) is 5.95 Å². The van der Waals surface area contributed by atoms with Gasteiger partial charge in [-0.1, -0.05) is 35.9 Å². The van der Waals surface area contributed by atoms with Crippen molar-refractivity contribution in [2.24, 2.45) is 0 Å². The van der Waals surface area contributed by atoms with Gasteiger partial charge in [0.1, 0.15) is 18.2 Å². The minimum absolute atomic E-state index is 0.288. The normalized spacial score (nSPS) is 12.0. The Morgan fingerprint density at radius 2 is 1.70 bits per heavy atom. The van der Waals surface area contributed by atoms with E-state index in [0.29, 0.717) is 17.6 Å². The Bertz CT molecular complexity index is 1240. The molecule has 148 valence electrons. The second-order valence-corrected chi connectivity index (χ2v) is 7.47. The number of halogens is 2. The van der Waals surface area contributed by atoms with Crippen molar-refractivity contribution < 1.29 is 9.13 Å². The molecule has 5 rings (SSSR count). The summed E-state index contributed by atoms with van der Waals surface area (Å²) < 4.78 is 19.4. The van der Waals surface area contributed by atoms with Gasteiger partial charge in [0.15, 0.2) is 0 Å². The Hall–Kier alpha value is -3.44. The van der Waals surface area contributed by atoms with Crippen LogP contribution in [-0.4, -0.2) is 17.0 Å². The van der Waals surface area contributed by atoms with Crippen molar-refractivity contribution in [1.29, 1.82) is 0 Å². The average Bonchev–Trinajstić information content (AvgIpc) is 2.78. The molecule has 30 heavy (non-hydrogen) atoms. The standard InChI is InChI=1S/C24H17ClFN3O/c1-29(18-11-9-17(26)10-12-18)24-27-22(15-5-4-6-16(25)13-15)20-14-30-21-8-3-2-7-19(21)23(20)28-24/h2-13H,14H2,1H3. The maximum Gasteiger partial charge on any atom is 0.230 e. The predicted octanol–water partition coefficient (Wildman–Crippen LogP) is 6.26. The van der Waals surface area contributed by atoms with Gasteiger partial charge in [-0.05, 0) is 48.5 Å². The smallest absolute Gasteiger partial charge is 0.230 e. The van der Waals surface area contributed by atoms with E-state index in [0.717, 1.165) is 39.5 Å². The Labute approximate surface area is 178 Å². The topological polar surface area (TPSA) is 38.2 Å². The summed E-state index contributed by atoms with van der Waals surface area (Å²) in [5.41, 5.74) is 5.09. The van der Waals surface area contributed by atoms with Crippen molar-refractivity contribution in [2.75, 3.05) is 11.9 Å². The summed E-state index contributed by atoms with van der Waals surface area (Å²) in [7, 11) is 1.86. The Balaban J connectivity index is 1.73. The number of aromatic nitrogens is 2. The monoisotopic (exact) mass is 417 g/mol. The van der Waals surface area contributed by atoms with Gasteiger partial charge in [-0.3, -0.25) is 0 Å². The number of para-hydroxylation sites is 1. The fourth-order valence-corrected chi connectivity index (χ4v) is 3.76. The SMILES string of the molecule is CN(c1ccc(F)cc1)c1nc(-c2cccc(Cl)c2)c2c(n1)-c1ccccc1OC2. The molecule has 1 aromatic heterocycles. The molecule has 0 bridgehead atoms. The predicted molar refractivity (Wildman–Crippen MR) is 117 cm³/mol. The molecule has 0 N–H and O–H groups in total. The minimum atomic E-state index is -0.288.